The second-order valence-electron chi connectivity index (χ2n) is 7.39. The van der Waals surface area contributed by atoms with E-state index < -0.39 is 30.5 Å². The molecule has 0 amide bonds. The third-order valence-electron chi connectivity index (χ3n) is 4.69. The summed E-state index contributed by atoms with van der Waals surface area (Å²) < 4.78 is 57.1. The molecule has 11 heteroatoms. The van der Waals surface area contributed by atoms with Gasteiger partial charge in [0.15, 0.2) is 9.84 Å². The average Bonchev–Trinajstić information content (AvgIpc) is 3.11. The van der Waals surface area contributed by atoms with Crippen LogP contribution in [-0.4, -0.2) is 44.1 Å². The topological polar surface area (TPSA) is 107 Å². The molecule has 156 valence electrons. The zero-order valence-electron chi connectivity index (χ0n) is 16.9. The van der Waals surface area contributed by atoms with Crippen LogP contribution in [0.1, 0.15) is 25.8 Å². The molecule has 0 saturated carbocycles. The maximum absolute atomic E-state index is 12.5. The zero-order valence-corrected chi connectivity index (χ0v) is 21.3. The Kier molecular flexibility index (Phi) is 7.83. The molecule has 3 rings (SSSR count). The van der Waals surface area contributed by atoms with E-state index in [1.165, 1.54) is 12.1 Å². The van der Waals surface area contributed by atoms with Crippen LogP contribution >= 0.6 is 11.6 Å². The Morgan fingerprint density at radius 2 is 1.60 bits per heavy atom. The first-order valence-electron chi connectivity index (χ1n) is 8.78. The molecule has 1 heterocycles. The minimum atomic E-state index is -4.76. The molecule has 0 aliphatic carbocycles. The van der Waals surface area contributed by atoms with Gasteiger partial charge in [0.2, 0.25) is 0 Å². The van der Waals surface area contributed by atoms with Crippen molar-refractivity contribution >= 4 is 43.0 Å². The molecule has 2 aromatic rings. The third-order valence-corrected chi connectivity index (χ3v) is 8.71. The van der Waals surface area contributed by atoms with Gasteiger partial charge in [0.25, 0.3) is 0 Å². The van der Waals surface area contributed by atoms with Crippen molar-refractivity contribution in [3.8, 4) is 0 Å². The van der Waals surface area contributed by atoms with Crippen LogP contribution in [0, 0.1) is 0 Å². The van der Waals surface area contributed by atoms with Crippen molar-refractivity contribution in [2.24, 2.45) is 5.10 Å². The first-order chi connectivity index (χ1) is 13.4. The average molecular weight is 479 g/mol. The standard InChI is InChI=1S/C19H21ClN2O5S2.Na/c1-19(2,29(25,26)27)13-28(23,24)17-9-7-16(8-10-17)22-12-11-18(21-22)14-3-5-15(20)6-4-14;/h3-10H,11-13H2,1-2H3,(H,25,26,27);/q;+1/p-1. The summed E-state index contributed by atoms with van der Waals surface area (Å²) in [6.45, 7) is 2.86. The van der Waals surface area contributed by atoms with E-state index in [0.29, 0.717) is 17.3 Å². The van der Waals surface area contributed by atoms with E-state index in [4.69, 9.17) is 11.6 Å². The Morgan fingerprint density at radius 1 is 1.03 bits per heavy atom. The Morgan fingerprint density at radius 3 is 2.13 bits per heavy atom. The molecular formula is C19H20ClN2NaO5S2. The van der Waals surface area contributed by atoms with E-state index in [9.17, 15) is 21.4 Å². The molecule has 0 atom stereocenters. The summed E-state index contributed by atoms with van der Waals surface area (Å²) in [5.41, 5.74) is 2.58. The Hall–Kier alpha value is -0.940. The van der Waals surface area contributed by atoms with Crippen LogP contribution in [0.2, 0.25) is 5.02 Å². The molecule has 0 unspecified atom stereocenters. The Bertz CT molecular complexity index is 1150. The fourth-order valence-electron chi connectivity index (χ4n) is 2.93. The van der Waals surface area contributed by atoms with Gasteiger partial charge in [-0.2, -0.15) is 5.10 Å². The van der Waals surface area contributed by atoms with E-state index >= 15 is 0 Å². The van der Waals surface area contributed by atoms with Gasteiger partial charge in [0.05, 0.1) is 26.8 Å². The quantitative estimate of drug-likeness (QED) is 0.429. The van der Waals surface area contributed by atoms with E-state index in [0.717, 1.165) is 31.5 Å². The molecule has 0 radical (unpaired) electrons. The number of nitrogens with zero attached hydrogens (tertiary/aromatic N) is 2. The fraction of sp³-hybridized carbons (Fsp3) is 0.316. The SMILES string of the molecule is CC(C)(CS(=O)(=O)c1ccc(N2CCC(c3ccc(Cl)cc3)=N2)cc1)S(=O)(=O)[O-].[Na+]. The number of hydrogen-bond acceptors (Lipinski definition) is 7. The maximum Gasteiger partial charge on any atom is 1.00 e. The number of rotatable bonds is 6. The summed E-state index contributed by atoms with van der Waals surface area (Å²) in [5, 5.41) is 7.00. The van der Waals surface area contributed by atoms with Crippen LogP contribution in [0.15, 0.2) is 58.5 Å². The summed E-state index contributed by atoms with van der Waals surface area (Å²) in [6.07, 6.45) is 0.733. The number of hydrogen-bond donors (Lipinski definition) is 0. The molecule has 0 aromatic heterocycles. The van der Waals surface area contributed by atoms with Crippen molar-refractivity contribution in [3.63, 3.8) is 0 Å². The van der Waals surface area contributed by atoms with E-state index in [2.05, 4.69) is 5.10 Å². The monoisotopic (exact) mass is 478 g/mol. The molecule has 0 N–H and O–H groups in total. The molecule has 7 nitrogen and oxygen atoms in total. The first-order valence-corrected chi connectivity index (χ1v) is 12.2. The van der Waals surface area contributed by atoms with Crippen LogP contribution in [0.4, 0.5) is 5.69 Å². The smallest absolute Gasteiger partial charge is 0.748 e. The molecular weight excluding hydrogens is 459 g/mol. The molecule has 0 saturated heterocycles. The predicted molar refractivity (Wildman–Crippen MR) is 112 cm³/mol. The van der Waals surface area contributed by atoms with Gasteiger partial charge < -0.3 is 4.55 Å². The van der Waals surface area contributed by atoms with E-state index in [-0.39, 0.29) is 34.5 Å². The summed E-state index contributed by atoms with van der Waals surface area (Å²) in [6, 6.07) is 13.4. The van der Waals surface area contributed by atoms with Gasteiger partial charge in [-0.15, -0.1) is 0 Å². The van der Waals surface area contributed by atoms with Gasteiger partial charge >= 0.3 is 29.6 Å². The minimum absolute atomic E-state index is 0. The van der Waals surface area contributed by atoms with Gasteiger partial charge in [0.1, 0.15) is 10.1 Å². The van der Waals surface area contributed by atoms with Crippen molar-refractivity contribution in [1.82, 2.24) is 0 Å². The summed E-state index contributed by atoms with van der Waals surface area (Å²) in [5.74, 6) is -0.784. The van der Waals surface area contributed by atoms with Crippen LogP contribution in [-0.2, 0) is 20.0 Å². The Labute approximate surface area is 204 Å². The van der Waals surface area contributed by atoms with Crippen LogP contribution in [0.5, 0.6) is 0 Å². The first kappa shape index (κ1) is 25.3. The second kappa shape index (κ2) is 9.28. The van der Waals surface area contributed by atoms with Crippen molar-refractivity contribution in [2.45, 2.75) is 29.9 Å². The van der Waals surface area contributed by atoms with Crippen LogP contribution < -0.4 is 34.6 Å². The third kappa shape index (κ3) is 5.64. The van der Waals surface area contributed by atoms with Gasteiger partial charge in [0, 0.05) is 18.0 Å². The summed E-state index contributed by atoms with van der Waals surface area (Å²) >= 11 is 5.91. The van der Waals surface area contributed by atoms with Crippen molar-refractivity contribution < 1.29 is 50.9 Å². The van der Waals surface area contributed by atoms with Crippen molar-refractivity contribution in [1.29, 1.82) is 0 Å². The van der Waals surface area contributed by atoms with Crippen LogP contribution in [0.25, 0.3) is 0 Å². The number of halogens is 1. The normalized spacial score (nSPS) is 14.9. The van der Waals surface area contributed by atoms with Crippen LogP contribution in [0.3, 0.4) is 0 Å². The molecule has 0 fully saturated rings. The molecule has 0 spiro atoms. The molecule has 2 aromatic carbocycles. The summed E-state index contributed by atoms with van der Waals surface area (Å²) in [7, 11) is -8.71. The summed E-state index contributed by atoms with van der Waals surface area (Å²) in [4.78, 5) is -0.0425. The van der Waals surface area contributed by atoms with Crippen molar-refractivity contribution in [2.75, 3.05) is 17.3 Å². The fourth-order valence-corrected chi connectivity index (χ4v) is 5.73. The van der Waals surface area contributed by atoms with E-state index in [1.807, 2.05) is 12.1 Å². The van der Waals surface area contributed by atoms with Crippen molar-refractivity contribution in [3.05, 3.63) is 59.1 Å². The predicted octanol–water partition coefficient (Wildman–Crippen LogP) is 0.0559. The second-order valence-corrected chi connectivity index (χ2v) is 11.8. The van der Waals surface area contributed by atoms with Gasteiger partial charge in [-0.25, -0.2) is 16.8 Å². The number of hydrazone groups is 1. The number of anilines is 1. The largest absolute Gasteiger partial charge is 1.00 e. The van der Waals surface area contributed by atoms with Gasteiger partial charge in [-0.05, 0) is 55.8 Å². The maximum atomic E-state index is 12.5. The number of benzene rings is 2. The molecule has 0 bridgehead atoms. The molecule has 1 aliphatic heterocycles. The zero-order chi connectivity index (χ0) is 21.4. The molecule has 30 heavy (non-hydrogen) atoms. The minimum Gasteiger partial charge on any atom is -0.748 e. The number of sulfone groups is 1. The Balaban J connectivity index is 0.00000320. The van der Waals surface area contributed by atoms with Gasteiger partial charge in [-0.3, -0.25) is 5.01 Å². The molecule has 1 aliphatic rings. The van der Waals surface area contributed by atoms with E-state index in [1.54, 1.807) is 29.3 Å². The van der Waals surface area contributed by atoms with Gasteiger partial charge in [-0.1, -0.05) is 23.7 Å².